The van der Waals surface area contributed by atoms with Crippen molar-refractivity contribution in [3.8, 4) is 0 Å². The highest BCUT2D eigenvalue weighted by Gasteiger charge is 2.09. The van der Waals surface area contributed by atoms with Gasteiger partial charge < -0.3 is 5.11 Å². The van der Waals surface area contributed by atoms with Gasteiger partial charge in [-0.25, -0.2) is 9.37 Å². The Morgan fingerprint density at radius 2 is 2.25 bits per heavy atom. The Hall–Kier alpha value is -0.970. The van der Waals surface area contributed by atoms with E-state index in [0.717, 1.165) is 5.01 Å². The number of aliphatic hydroxyl groups is 1. The molecule has 0 bridgehead atoms. The number of hydrogen-bond donors (Lipinski definition) is 1. The lowest BCUT2D eigenvalue weighted by Gasteiger charge is -2.01. The average molecular weight is 258 g/mol. The molecule has 0 aliphatic rings. The van der Waals surface area contributed by atoms with E-state index in [1.807, 2.05) is 0 Å². The first kappa shape index (κ1) is 11.5. The number of halogens is 2. The van der Waals surface area contributed by atoms with Crippen molar-refractivity contribution in [3.05, 3.63) is 50.7 Å². The molecule has 0 spiro atoms. The van der Waals surface area contributed by atoms with Crippen molar-refractivity contribution in [1.29, 1.82) is 0 Å². The van der Waals surface area contributed by atoms with Gasteiger partial charge in [0.25, 0.3) is 0 Å². The molecule has 0 aliphatic carbocycles. The molecule has 0 unspecified atom stereocenters. The van der Waals surface area contributed by atoms with Crippen molar-refractivity contribution < 1.29 is 9.50 Å². The third kappa shape index (κ3) is 2.40. The molecule has 1 aromatic carbocycles. The largest absolute Gasteiger partial charge is 0.390 e. The molecule has 0 fully saturated rings. The van der Waals surface area contributed by atoms with Crippen molar-refractivity contribution in [1.82, 2.24) is 4.98 Å². The maximum absolute atomic E-state index is 13.6. The van der Waals surface area contributed by atoms with Gasteiger partial charge in [-0.1, -0.05) is 23.7 Å². The van der Waals surface area contributed by atoms with Crippen LogP contribution in [0.4, 0.5) is 4.39 Å². The summed E-state index contributed by atoms with van der Waals surface area (Å²) in [4.78, 5) is 4.15. The van der Waals surface area contributed by atoms with Crippen LogP contribution in [-0.2, 0) is 13.0 Å². The van der Waals surface area contributed by atoms with E-state index in [9.17, 15) is 4.39 Å². The Bertz CT molecular complexity index is 500. The Morgan fingerprint density at radius 3 is 2.94 bits per heavy atom. The highest BCUT2D eigenvalue weighted by atomic mass is 35.5. The first-order valence-corrected chi connectivity index (χ1v) is 5.93. The van der Waals surface area contributed by atoms with E-state index >= 15 is 0 Å². The van der Waals surface area contributed by atoms with Crippen molar-refractivity contribution in [2.45, 2.75) is 13.0 Å². The van der Waals surface area contributed by atoms with E-state index in [1.54, 1.807) is 17.5 Å². The molecule has 0 amide bonds. The molecule has 1 heterocycles. The first-order chi connectivity index (χ1) is 7.70. The molecule has 0 aliphatic heterocycles. The van der Waals surface area contributed by atoms with Crippen LogP contribution >= 0.6 is 22.9 Å². The fourth-order valence-electron chi connectivity index (χ4n) is 1.35. The lowest BCUT2D eigenvalue weighted by Crippen LogP contribution is -1.93. The van der Waals surface area contributed by atoms with Crippen LogP contribution in [0.1, 0.15) is 16.3 Å². The monoisotopic (exact) mass is 257 g/mol. The minimum atomic E-state index is -0.398. The van der Waals surface area contributed by atoms with Gasteiger partial charge in [-0.3, -0.25) is 0 Å². The van der Waals surface area contributed by atoms with Gasteiger partial charge in [0.15, 0.2) is 0 Å². The molecule has 0 saturated heterocycles. The van der Waals surface area contributed by atoms with Crippen LogP contribution in [0.2, 0.25) is 5.02 Å². The molecule has 84 valence electrons. The van der Waals surface area contributed by atoms with Crippen molar-refractivity contribution in [3.63, 3.8) is 0 Å². The maximum atomic E-state index is 13.6. The third-order valence-electron chi connectivity index (χ3n) is 2.13. The zero-order valence-corrected chi connectivity index (χ0v) is 9.85. The van der Waals surface area contributed by atoms with Crippen molar-refractivity contribution in [2.75, 3.05) is 0 Å². The fraction of sp³-hybridized carbons (Fsp3) is 0.182. The lowest BCUT2D eigenvalue weighted by atomic mass is 10.1. The van der Waals surface area contributed by atoms with Crippen LogP contribution in [0.25, 0.3) is 0 Å². The van der Waals surface area contributed by atoms with Gasteiger partial charge in [-0.15, -0.1) is 11.3 Å². The summed E-state index contributed by atoms with van der Waals surface area (Å²) in [5, 5.41) is 11.5. The Kier molecular flexibility index (Phi) is 3.53. The van der Waals surface area contributed by atoms with Gasteiger partial charge in [0, 0.05) is 11.8 Å². The van der Waals surface area contributed by atoms with E-state index in [4.69, 9.17) is 16.7 Å². The summed E-state index contributed by atoms with van der Waals surface area (Å²) < 4.78 is 13.6. The second-order valence-electron chi connectivity index (χ2n) is 3.28. The van der Waals surface area contributed by atoms with Crippen LogP contribution in [0.15, 0.2) is 23.6 Å². The Balaban J connectivity index is 2.23. The van der Waals surface area contributed by atoms with E-state index in [1.165, 1.54) is 17.4 Å². The van der Waals surface area contributed by atoms with Crippen LogP contribution in [0.3, 0.4) is 0 Å². The second-order valence-corrected chi connectivity index (χ2v) is 4.63. The molecule has 1 aromatic heterocycles. The van der Waals surface area contributed by atoms with Crippen molar-refractivity contribution >= 4 is 22.9 Å². The molecular formula is C11H9ClFNOS. The van der Waals surface area contributed by atoms with E-state index in [2.05, 4.69) is 4.98 Å². The van der Waals surface area contributed by atoms with Gasteiger partial charge in [0.1, 0.15) is 5.82 Å². The Morgan fingerprint density at radius 1 is 1.44 bits per heavy atom. The summed E-state index contributed by atoms with van der Waals surface area (Å²) in [5.41, 5.74) is 1.13. The van der Waals surface area contributed by atoms with Gasteiger partial charge in [0.2, 0.25) is 0 Å². The molecule has 2 rings (SSSR count). The normalized spacial score (nSPS) is 10.7. The van der Waals surface area contributed by atoms with Crippen molar-refractivity contribution in [2.24, 2.45) is 0 Å². The molecule has 1 N–H and O–H groups in total. The summed E-state index contributed by atoms with van der Waals surface area (Å²) in [5.74, 6) is -0.398. The summed E-state index contributed by atoms with van der Waals surface area (Å²) in [7, 11) is 0. The minimum absolute atomic E-state index is 0.0888. The van der Waals surface area contributed by atoms with Crippen LogP contribution in [0.5, 0.6) is 0 Å². The molecule has 2 nitrogen and oxygen atoms in total. The zero-order valence-electron chi connectivity index (χ0n) is 8.28. The predicted octanol–water partition coefficient (Wildman–Crippen LogP) is 3.02. The minimum Gasteiger partial charge on any atom is -0.390 e. The number of nitrogens with zero attached hydrogens (tertiary/aromatic N) is 1. The summed E-state index contributed by atoms with van der Waals surface area (Å²) in [6, 6.07) is 4.91. The first-order valence-electron chi connectivity index (χ1n) is 4.67. The van der Waals surface area contributed by atoms with Crippen LogP contribution < -0.4 is 0 Å². The smallest absolute Gasteiger partial charge is 0.145 e. The highest BCUT2D eigenvalue weighted by molar-refractivity contribution is 7.09. The second kappa shape index (κ2) is 4.91. The van der Waals surface area contributed by atoms with E-state index in [0.29, 0.717) is 17.7 Å². The average Bonchev–Trinajstić information content (AvgIpc) is 2.73. The molecule has 5 heteroatoms. The van der Waals surface area contributed by atoms with Gasteiger partial charge in [-0.2, -0.15) is 0 Å². The van der Waals surface area contributed by atoms with Crippen LogP contribution in [-0.4, -0.2) is 10.1 Å². The van der Waals surface area contributed by atoms with E-state index in [-0.39, 0.29) is 11.6 Å². The van der Waals surface area contributed by atoms with Gasteiger partial charge in [-0.05, 0) is 11.6 Å². The van der Waals surface area contributed by atoms with Gasteiger partial charge in [0.05, 0.1) is 22.3 Å². The quantitative estimate of drug-likeness (QED) is 0.917. The third-order valence-corrected chi connectivity index (χ3v) is 3.32. The molecular weight excluding hydrogens is 249 g/mol. The van der Waals surface area contributed by atoms with E-state index < -0.39 is 5.82 Å². The van der Waals surface area contributed by atoms with Gasteiger partial charge >= 0.3 is 0 Å². The molecule has 0 radical (unpaired) electrons. The predicted molar refractivity (Wildman–Crippen MR) is 62.3 cm³/mol. The fourth-order valence-corrected chi connectivity index (χ4v) is 2.35. The molecule has 2 aromatic rings. The number of rotatable bonds is 3. The standard InChI is InChI=1S/C11H9ClFNOS/c12-9-3-1-2-7(11(9)13)4-10-14-8(5-15)6-16-10/h1-3,6,15H,4-5H2. The molecule has 0 atom stereocenters. The maximum Gasteiger partial charge on any atom is 0.145 e. The van der Waals surface area contributed by atoms with Crippen LogP contribution in [0, 0.1) is 5.82 Å². The topological polar surface area (TPSA) is 33.1 Å². The zero-order chi connectivity index (χ0) is 11.5. The number of benzene rings is 1. The Labute approximate surface area is 101 Å². The summed E-state index contributed by atoms with van der Waals surface area (Å²) in [6.07, 6.45) is 0.400. The lowest BCUT2D eigenvalue weighted by molar-refractivity contribution is 0.277. The number of aliphatic hydroxyl groups excluding tert-OH is 1. The SMILES string of the molecule is OCc1csc(Cc2cccc(Cl)c2F)n1. The summed E-state index contributed by atoms with van der Waals surface area (Å²) >= 11 is 7.08. The molecule has 0 saturated carbocycles. The summed E-state index contributed by atoms with van der Waals surface area (Å²) in [6.45, 7) is -0.0888. The number of aromatic nitrogens is 1. The highest BCUT2D eigenvalue weighted by Crippen LogP contribution is 2.21. The molecule has 16 heavy (non-hydrogen) atoms. The number of thiazole rings is 1. The number of hydrogen-bond acceptors (Lipinski definition) is 3.